The lowest BCUT2D eigenvalue weighted by molar-refractivity contribution is -0.139. The maximum Gasteiger partial charge on any atom is 0.226 e. The zero-order valence-corrected chi connectivity index (χ0v) is 19.9. The van der Waals surface area contributed by atoms with E-state index in [-0.39, 0.29) is 22.9 Å². The van der Waals surface area contributed by atoms with Gasteiger partial charge in [0.1, 0.15) is 0 Å². The van der Waals surface area contributed by atoms with E-state index < -0.39 is 0 Å². The number of likely N-dealkylation sites (tertiary alicyclic amines) is 1. The van der Waals surface area contributed by atoms with Crippen molar-refractivity contribution in [3.63, 3.8) is 0 Å². The number of carbonyl (C=O) groups excluding carboxylic acids is 1. The van der Waals surface area contributed by atoms with Crippen molar-refractivity contribution in [2.45, 2.75) is 80.8 Å². The summed E-state index contributed by atoms with van der Waals surface area (Å²) in [5, 5.41) is 3.53. The molecule has 2 bridgehead atoms. The zero-order chi connectivity index (χ0) is 21.4. The molecule has 5 aliphatic heterocycles. The van der Waals surface area contributed by atoms with Gasteiger partial charge < -0.3 is 20.9 Å². The molecule has 0 spiro atoms. The van der Waals surface area contributed by atoms with Gasteiger partial charge in [0.25, 0.3) is 0 Å². The van der Waals surface area contributed by atoms with Crippen molar-refractivity contribution in [3.05, 3.63) is 0 Å². The van der Waals surface area contributed by atoms with Gasteiger partial charge in [-0.15, -0.1) is 11.6 Å². The second-order valence-electron chi connectivity index (χ2n) is 10.9. The maximum atomic E-state index is 13.4. The Morgan fingerprint density at radius 3 is 2.32 bits per heavy atom. The SMILES string of the molecule is NC1CNCC(Cl)(C2CCCCC2)C1N1CCC(C(=O)N2CCN3CCC2CC3)CC1. The molecule has 3 N–H and O–H groups in total. The highest BCUT2D eigenvalue weighted by molar-refractivity contribution is 6.25. The highest BCUT2D eigenvalue weighted by atomic mass is 35.5. The van der Waals surface area contributed by atoms with Crippen LogP contribution in [0, 0.1) is 11.8 Å². The van der Waals surface area contributed by atoms with Gasteiger partial charge in [0.15, 0.2) is 0 Å². The summed E-state index contributed by atoms with van der Waals surface area (Å²) in [6.45, 7) is 7.94. The molecule has 1 aliphatic carbocycles. The van der Waals surface area contributed by atoms with Crippen LogP contribution >= 0.6 is 11.6 Å². The molecule has 6 nitrogen and oxygen atoms in total. The van der Waals surface area contributed by atoms with Crippen molar-refractivity contribution in [2.24, 2.45) is 17.6 Å². The summed E-state index contributed by atoms with van der Waals surface area (Å²) in [6.07, 6.45) is 10.6. The highest BCUT2D eigenvalue weighted by Gasteiger charge is 2.51. The molecule has 0 aromatic heterocycles. The van der Waals surface area contributed by atoms with Crippen LogP contribution in [0.5, 0.6) is 0 Å². The fourth-order valence-corrected chi connectivity index (χ4v) is 7.99. The Kier molecular flexibility index (Phi) is 6.83. The lowest BCUT2D eigenvalue weighted by Crippen LogP contribution is -2.71. The first-order valence-electron chi connectivity index (χ1n) is 13.0. The van der Waals surface area contributed by atoms with E-state index in [1.165, 1.54) is 45.2 Å². The molecule has 1 saturated carbocycles. The van der Waals surface area contributed by atoms with Crippen molar-refractivity contribution in [2.75, 3.05) is 52.4 Å². The Labute approximate surface area is 193 Å². The predicted octanol–water partition coefficient (Wildman–Crippen LogP) is 1.86. The summed E-state index contributed by atoms with van der Waals surface area (Å²) in [5.41, 5.74) is 6.69. The van der Waals surface area contributed by atoms with Crippen LogP contribution in [0.3, 0.4) is 0 Å². The van der Waals surface area contributed by atoms with E-state index >= 15 is 0 Å². The molecule has 1 amide bonds. The lowest BCUT2D eigenvalue weighted by Gasteiger charge is -2.54. The van der Waals surface area contributed by atoms with Crippen LogP contribution in [0.1, 0.15) is 57.8 Å². The topological polar surface area (TPSA) is 64.8 Å². The lowest BCUT2D eigenvalue weighted by atomic mass is 9.71. The van der Waals surface area contributed by atoms with E-state index in [1.54, 1.807) is 0 Å². The normalized spacial score (nSPS) is 41.3. The Bertz CT molecular complexity index is 627. The largest absolute Gasteiger partial charge is 0.338 e. The van der Waals surface area contributed by atoms with Crippen LogP contribution in [0.25, 0.3) is 0 Å². The number of nitrogens with zero attached hydrogens (tertiary/aromatic N) is 3. The van der Waals surface area contributed by atoms with Gasteiger partial charge in [-0.3, -0.25) is 9.69 Å². The van der Waals surface area contributed by atoms with Crippen LogP contribution in [-0.2, 0) is 4.79 Å². The van der Waals surface area contributed by atoms with Crippen LogP contribution < -0.4 is 11.1 Å². The molecule has 0 radical (unpaired) electrons. The Morgan fingerprint density at radius 1 is 0.903 bits per heavy atom. The van der Waals surface area contributed by atoms with E-state index in [2.05, 4.69) is 20.0 Å². The number of nitrogens with one attached hydrogen (secondary N) is 1. The van der Waals surface area contributed by atoms with Crippen molar-refractivity contribution in [1.82, 2.24) is 20.0 Å². The molecular formula is C24H42ClN5O. The molecule has 0 aromatic carbocycles. The van der Waals surface area contributed by atoms with Gasteiger partial charge in [0, 0.05) is 63.3 Å². The van der Waals surface area contributed by atoms with E-state index in [0.717, 1.165) is 65.0 Å². The minimum Gasteiger partial charge on any atom is -0.338 e. The number of carbonyl (C=O) groups is 1. The van der Waals surface area contributed by atoms with E-state index in [9.17, 15) is 4.79 Å². The molecule has 0 aromatic rings. The number of piperidine rings is 3. The third kappa shape index (κ3) is 4.40. The van der Waals surface area contributed by atoms with Crippen molar-refractivity contribution in [3.8, 4) is 0 Å². The van der Waals surface area contributed by atoms with Gasteiger partial charge in [-0.1, -0.05) is 19.3 Å². The van der Waals surface area contributed by atoms with Crippen LogP contribution in [0.2, 0.25) is 0 Å². The quantitative estimate of drug-likeness (QED) is 0.641. The molecule has 176 valence electrons. The molecule has 3 atom stereocenters. The van der Waals surface area contributed by atoms with Crippen LogP contribution in [0.15, 0.2) is 0 Å². The van der Waals surface area contributed by atoms with Gasteiger partial charge in [0.2, 0.25) is 5.91 Å². The fraction of sp³-hybridized carbons (Fsp3) is 0.958. The fourth-order valence-electron chi connectivity index (χ4n) is 7.38. The molecule has 3 unspecified atom stereocenters. The average molecular weight is 452 g/mol. The van der Waals surface area contributed by atoms with Gasteiger partial charge in [-0.25, -0.2) is 0 Å². The number of hydrogen-bond donors (Lipinski definition) is 2. The molecule has 7 heteroatoms. The van der Waals surface area contributed by atoms with Crippen molar-refractivity contribution in [1.29, 1.82) is 0 Å². The van der Waals surface area contributed by atoms with E-state index in [0.29, 0.717) is 17.9 Å². The molecule has 31 heavy (non-hydrogen) atoms. The van der Waals surface area contributed by atoms with Crippen molar-refractivity contribution < 1.29 is 4.79 Å². The highest BCUT2D eigenvalue weighted by Crippen LogP contribution is 2.43. The summed E-state index contributed by atoms with van der Waals surface area (Å²) in [6, 6.07) is 0.760. The Hall–Kier alpha value is -0.400. The van der Waals surface area contributed by atoms with Gasteiger partial charge >= 0.3 is 0 Å². The summed E-state index contributed by atoms with van der Waals surface area (Å²) >= 11 is 7.47. The Morgan fingerprint density at radius 2 is 1.61 bits per heavy atom. The second kappa shape index (κ2) is 9.46. The maximum absolute atomic E-state index is 13.4. The first-order valence-corrected chi connectivity index (χ1v) is 13.4. The number of amides is 1. The van der Waals surface area contributed by atoms with Crippen molar-refractivity contribution >= 4 is 17.5 Å². The van der Waals surface area contributed by atoms with E-state index in [1.807, 2.05) is 0 Å². The van der Waals surface area contributed by atoms with Gasteiger partial charge in [-0.05, 0) is 57.5 Å². The monoisotopic (exact) mass is 451 g/mol. The Balaban J connectivity index is 1.24. The number of hydrogen-bond acceptors (Lipinski definition) is 5. The summed E-state index contributed by atoms with van der Waals surface area (Å²) < 4.78 is 0. The molecule has 5 saturated heterocycles. The minimum absolute atomic E-state index is 0.0653. The van der Waals surface area contributed by atoms with Gasteiger partial charge in [0.05, 0.1) is 4.87 Å². The molecule has 6 rings (SSSR count). The first-order chi connectivity index (χ1) is 15.1. The summed E-state index contributed by atoms with van der Waals surface area (Å²) in [7, 11) is 0. The molecule has 5 heterocycles. The third-order valence-corrected chi connectivity index (χ3v) is 9.83. The van der Waals surface area contributed by atoms with Gasteiger partial charge in [-0.2, -0.15) is 0 Å². The molecule has 6 fully saturated rings. The predicted molar refractivity (Wildman–Crippen MR) is 125 cm³/mol. The third-order valence-electron chi connectivity index (χ3n) is 9.17. The number of rotatable bonds is 3. The van der Waals surface area contributed by atoms with Crippen LogP contribution in [-0.4, -0.2) is 96.0 Å². The number of alkyl halides is 1. The average Bonchev–Trinajstić information content (AvgIpc) is 3.14. The van der Waals surface area contributed by atoms with E-state index in [4.69, 9.17) is 17.3 Å². The first kappa shape index (κ1) is 22.4. The summed E-state index contributed by atoms with van der Waals surface area (Å²) in [5.74, 6) is 1.15. The minimum atomic E-state index is -0.271. The summed E-state index contributed by atoms with van der Waals surface area (Å²) in [4.78, 5) is 20.5. The molecular weight excluding hydrogens is 410 g/mol. The van der Waals surface area contributed by atoms with Crippen LogP contribution in [0.4, 0.5) is 0 Å². The smallest absolute Gasteiger partial charge is 0.226 e. The molecule has 6 aliphatic rings. The number of nitrogens with two attached hydrogens (primary N) is 1. The number of fused-ring (bicyclic) bond motifs is 4. The standard InChI is InChI=1S/C24H42ClN5O/c25-24(19-4-2-1-3-5-19)17-27-16-21(26)22(24)29-12-6-18(7-13-29)23(31)30-15-14-28-10-8-20(30)9-11-28/h18-22,27H,1-17,26H2. The zero-order valence-electron chi connectivity index (χ0n) is 19.1. The second-order valence-corrected chi connectivity index (χ2v) is 11.6. The number of halogens is 1.